The Morgan fingerprint density at radius 3 is 1.47 bits per heavy atom. The number of halogens is 1. The van der Waals surface area contributed by atoms with Gasteiger partial charge >= 0.3 is 0 Å². The van der Waals surface area contributed by atoms with E-state index >= 15 is 0 Å². The van der Waals surface area contributed by atoms with Crippen molar-refractivity contribution in [3.05, 3.63) is 153 Å². The van der Waals surface area contributed by atoms with E-state index in [9.17, 15) is 38.3 Å². The number of aromatic nitrogens is 8. The van der Waals surface area contributed by atoms with E-state index in [-0.39, 0.29) is 58.8 Å². The zero-order valence-electron chi connectivity index (χ0n) is 42.9. The number of aliphatic hydroxyl groups excluding tert-OH is 1. The van der Waals surface area contributed by atoms with Gasteiger partial charge in [-0.15, -0.1) is 10.2 Å². The van der Waals surface area contributed by atoms with Gasteiger partial charge in [0.15, 0.2) is 34.3 Å². The number of carbonyl (C=O) groups is 4. The van der Waals surface area contributed by atoms with Gasteiger partial charge in [-0.25, -0.2) is 23.4 Å². The smallest absolute Gasteiger partial charge is 0.278 e. The summed E-state index contributed by atoms with van der Waals surface area (Å²) in [4.78, 5) is 88.1. The summed E-state index contributed by atoms with van der Waals surface area (Å²) in [5.41, 5.74) is 3.93. The highest BCUT2D eigenvalue weighted by atomic mass is 19.1. The summed E-state index contributed by atoms with van der Waals surface area (Å²) in [6, 6.07) is 23.0. The Kier molecular flexibility index (Phi) is 15.3. The number of hydrogen-bond acceptors (Lipinski definition) is 15. The number of anilines is 6. The van der Waals surface area contributed by atoms with Gasteiger partial charge in [-0.2, -0.15) is 0 Å². The molecule has 0 saturated heterocycles. The second-order valence-corrected chi connectivity index (χ2v) is 18.9. The lowest BCUT2D eigenvalue weighted by Gasteiger charge is -2.21. The first-order valence-corrected chi connectivity index (χ1v) is 23.9. The van der Waals surface area contributed by atoms with Crippen molar-refractivity contribution in [1.29, 1.82) is 0 Å². The van der Waals surface area contributed by atoms with E-state index in [0.717, 1.165) is 0 Å². The molecule has 2 aromatic carbocycles. The number of carbonyl (C=O) groups excluding carboxylic acids is 4. The molecule has 0 unspecified atom stereocenters. The average Bonchev–Trinajstić information content (AvgIpc) is 3.71. The zero-order valence-corrected chi connectivity index (χ0v) is 42.9. The minimum absolute atomic E-state index is 0.0798. The van der Waals surface area contributed by atoms with Crippen LogP contribution in [-0.2, 0) is 0 Å². The van der Waals surface area contributed by atoms with E-state index < -0.39 is 29.4 Å². The second-order valence-electron chi connectivity index (χ2n) is 18.9. The van der Waals surface area contributed by atoms with Crippen LogP contribution >= 0.6 is 0 Å². The summed E-state index contributed by atoms with van der Waals surface area (Å²) in [5.74, 6) is -0.533. The highest BCUT2D eigenvalue weighted by Gasteiger charge is 2.39. The first kappa shape index (κ1) is 52.9. The third kappa shape index (κ3) is 11.4. The van der Waals surface area contributed by atoms with Crippen LogP contribution in [0.2, 0.25) is 0 Å². The minimum atomic E-state index is -1.04. The SMILES string of the molecule is CNc1cc(Nc2cccn(-c3ccc(C(=O)N(C)C)cc3)c2=O)nn2c(C(=O)NCC(C)(C)CO)cnc12.CNc1cc(Nc2cccn(-c3ccc(C(=O)N(C)C)cc3)c2=O)nn2c(C(=O)N[C@@H]3C[C@@H]3F)cnc12. The maximum absolute atomic E-state index is 13.3. The Bertz CT molecular complexity index is 3610. The van der Waals surface area contributed by atoms with Crippen LogP contribution in [0.25, 0.3) is 22.7 Å². The summed E-state index contributed by atoms with van der Waals surface area (Å²) in [6.07, 6.45) is 5.32. The van der Waals surface area contributed by atoms with Crippen molar-refractivity contribution in [3.8, 4) is 11.4 Å². The van der Waals surface area contributed by atoms with Gasteiger partial charge in [0.05, 0.1) is 29.8 Å². The van der Waals surface area contributed by atoms with Crippen LogP contribution in [0.3, 0.4) is 0 Å². The molecule has 24 heteroatoms. The fourth-order valence-corrected chi connectivity index (χ4v) is 7.67. The number of amides is 4. The van der Waals surface area contributed by atoms with Crippen molar-refractivity contribution in [1.82, 2.24) is 58.8 Å². The van der Waals surface area contributed by atoms with E-state index in [1.54, 1.807) is 140 Å². The van der Waals surface area contributed by atoms with Crippen LogP contribution in [0.4, 0.5) is 38.8 Å². The molecule has 0 spiro atoms. The van der Waals surface area contributed by atoms with Gasteiger partial charge in [-0.1, -0.05) is 13.8 Å². The maximum Gasteiger partial charge on any atom is 0.278 e. The molecule has 0 bridgehead atoms. The summed E-state index contributed by atoms with van der Waals surface area (Å²) in [6.45, 7) is 3.86. The molecule has 76 heavy (non-hydrogen) atoms. The number of nitrogens with zero attached hydrogens (tertiary/aromatic N) is 10. The van der Waals surface area contributed by atoms with Gasteiger partial charge in [0.2, 0.25) is 0 Å². The fraction of sp³-hybridized carbons (Fsp3) is 0.269. The number of aliphatic hydroxyl groups is 1. The number of pyridine rings is 2. The lowest BCUT2D eigenvalue weighted by atomic mass is 9.95. The predicted octanol–water partition coefficient (Wildman–Crippen LogP) is 4.32. The van der Waals surface area contributed by atoms with E-state index in [1.165, 1.54) is 40.4 Å². The Hall–Kier alpha value is -9.45. The fourth-order valence-electron chi connectivity index (χ4n) is 7.67. The molecule has 23 nitrogen and oxygen atoms in total. The molecule has 0 radical (unpaired) electrons. The predicted molar refractivity (Wildman–Crippen MR) is 286 cm³/mol. The average molecular weight is 1040 g/mol. The maximum atomic E-state index is 13.3. The van der Waals surface area contributed by atoms with Gasteiger partial charge in [0, 0.05) is 114 Å². The number of benzene rings is 2. The van der Waals surface area contributed by atoms with Crippen LogP contribution < -0.4 is 43.0 Å². The molecule has 0 aliphatic heterocycles. The third-order valence-electron chi connectivity index (χ3n) is 12.1. The van der Waals surface area contributed by atoms with Crippen LogP contribution in [-0.4, -0.2) is 145 Å². The van der Waals surface area contributed by atoms with Crippen molar-refractivity contribution in [2.45, 2.75) is 32.5 Å². The largest absolute Gasteiger partial charge is 0.396 e. The molecule has 6 heterocycles. The number of fused-ring (bicyclic) bond motifs is 2. The topological polar surface area (TPSA) is 272 Å². The van der Waals surface area contributed by atoms with Gasteiger partial charge < -0.3 is 46.8 Å². The van der Waals surface area contributed by atoms with E-state index in [4.69, 9.17) is 0 Å². The summed E-state index contributed by atoms with van der Waals surface area (Å²) in [5, 5.41) is 36.0. The summed E-state index contributed by atoms with van der Waals surface area (Å²) in [7, 11) is 10.1. The normalized spacial score (nSPS) is 13.8. The first-order chi connectivity index (χ1) is 36.3. The Morgan fingerprint density at radius 1 is 0.671 bits per heavy atom. The Morgan fingerprint density at radius 2 is 1.09 bits per heavy atom. The Labute approximate surface area is 434 Å². The minimum Gasteiger partial charge on any atom is -0.396 e. The monoisotopic (exact) mass is 1040 g/mol. The highest BCUT2D eigenvalue weighted by Crippen LogP contribution is 2.27. The molecule has 4 amide bonds. The molecule has 394 valence electrons. The Balaban J connectivity index is 0.000000202. The molecule has 1 aliphatic rings. The first-order valence-electron chi connectivity index (χ1n) is 23.9. The van der Waals surface area contributed by atoms with Crippen LogP contribution in [0.15, 0.2) is 119 Å². The van der Waals surface area contributed by atoms with E-state index in [0.29, 0.717) is 63.2 Å². The van der Waals surface area contributed by atoms with Crippen molar-refractivity contribution >= 4 is 69.3 Å². The van der Waals surface area contributed by atoms with Gasteiger partial charge in [0.1, 0.15) is 17.5 Å². The standard InChI is InChI=1S/C27H32N8O4.C25H25FN8O3/c1-27(2,16-36)15-30-24(37)21-14-29-23-20(28-3)13-22(32-35(21)23)31-19-7-6-12-34(26(19)39)18-10-8-17(9-11-18)25(38)33(4)5;1-27-19-12-21(31-34-20(13-28-22(19)34)23(35)30-18-11-16(18)26)29-17-5-4-10-33(25(17)37)15-8-6-14(7-9-15)24(36)32(2)3/h6-14,28,36H,15-16H2,1-5H3,(H,30,37)(H,31,32);4-10,12-13,16,18,27H,11H2,1-3H3,(H,29,31)(H,30,35)/t;16-,18+/m.0/s1. The third-order valence-corrected chi connectivity index (χ3v) is 12.1. The number of hydrogen-bond donors (Lipinski definition) is 7. The van der Waals surface area contributed by atoms with Gasteiger partial charge in [-0.05, 0) is 72.8 Å². The summed E-state index contributed by atoms with van der Waals surface area (Å²) < 4.78 is 18.9. The van der Waals surface area contributed by atoms with Gasteiger partial charge in [0.25, 0.3) is 34.7 Å². The quantitative estimate of drug-likeness (QED) is 0.0710. The molecule has 6 aromatic heterocycles. The van der Waals surface area contributed by atoms with Crippen molar-refractivity contribution in [2.75, 3.05) is 76.7 Å². The van der Waals surface area contributed by atoms with Crippen LogP contribution in [0, 0.1) is 5.41 Å². The number of alkyl halides is 1. The highest BCUT2D eigenvalue weighted by molar-refractivity contribution is 5.96. The number of nitrogens with one attached hydrogen (secondary N) is 6. The molecular weight excluding hydrogens is 980 g/mol. The molecular formula is C52H57FN16O7. The number of rotatable bonds is 16. The lowest BCUT2D eigenvalue weighted by molar-refractivity contribution is 0.0820. The molecule has 2 atom stereocenters. The van der Waals surface area contributed by atoms with Crippen molar-refractivity contribution in [2.24, 2.45) is 5.41 Å². The second kappa shape index (κ2) is 21.9. The van der Waals surface area contributed by atoms with Crippen molar-refractivity contribution in [3.63, 3.8) is 0 Å². The van der Waals surface area contributed by atoms with Crippen LogP contribution in [0.5, 0.6) is 0 Å². The summed E-state index contributed by atoms with van der Waals surface area (Å²) >= 11 is 0. The lowest BCUT2D eigenvalue weighted by Crippen LogP contribution is -2.36. The van der Waals surface area contributed by atoms with E-state index in [2.05, 4.69) is 52.1 Å². The molecule has 8 aromatic rings. The zero-order chi connectivity index (χ0) is 54.6. The van der Waals surface area contributed by atoms with Crippen molar-refractivity contribution < 1.29 is 28.7 Å². The van der Waals surface area contributed by atoms with Crippen LogP contribution in [0.1, 0.15) is 62.0 Å². The van der Waals surface area contributed by atoms with Gasteiger partial charge in [-0.3, -0.25) is 37.9 Å². The molecule has 1 saturated carbocycles. The molecule has 9 rings (SSSR count). The molecule has 7 N–H and O–H groups in total. The number of imidazole rings is 2. The van der Waals surface area contributed by atoms with E-state index in [1.807, 2.05) is 13.8 Å². The molecule has 1 fully saturated rings. The molecule has 1 aliphatic carbocycles.